The third-order valence-electron chi connectivity index (χ3n) is 5.36. The van der Waals surface area contributed by atoms with E-state index in [1.165, 1.54) is 0 Å². The molecule has 0 aromatic heterocycles. The molecule has 7 nitrogen and oxygen atoms in total. The first kappa shape index (κ1) is 24.0. The Hall–Kier alpha value is -2.63. The Morgan fingerprint density at radius 3 is 2.25 bits per heavy atom. The van der Waals surface area contributed by atoms with Crippen molar-refractivity contribution in [3.63, 3.8) is 0 Å². The fourth-order valence-corrected chi connectivity index (χ4v) is 4.87. The van der Waals surface area contributed by atoms with Gasteiger partial charge in [-0.3, -0.25) is 9.69 Å². The van der Waals surface area contributed by atoms with Gasteiger partial charge < -0.3 is 10.1 Å². The van der Waals surface area contributed by atoms with Gasteiger partial charge in [-0.25, -0.2) is 8.42 Å². The fraction of sp³-hybridized carbons (Fsp3) is 0.381. The van der Waals surface area contributed by atoms with Gasteiger partial charge in [0, 0.05) is 31.9 Å². The van der Waals surface area contributed by atoms with Crippen molar-refractivity contribution in [3.8, 4) is 5.75 Å². The molecule has 174 valence electrons. The summed E-state index contributed by atoms with van der Waals surface area (Å²) in [6.07, 6.45) is -4.63. The number of carbonyl (C=O) groups is 1. The zero-order chi connectivity index (χ0) is 23.5. The van der Waals surface area contributed by atoms with Crippen LogP contribution in [0, 0.1) is 0 Å². The number of anilines is 1. The number of ether oxygens (including phenoxy) is 1. The summed E-state index contributed by atoms with van der Waals surface area (Å²) < 4.78 is 70.7. The van der Waals surface area contributed by atoms with Crippen molar-refractivity contribution in [1.29, 1.82) is 0 Å². The monoisotopic (exact) mass is 471 g/mol. The standard InChI is InChI=1S/C21H24F3N3O4S/c1-15(20(28)25-17-6-8-18(31-2)9-7-17)26-10-12-27(13-11-26)32(29,30)19-5-3-4-16(14-19)21(22,23)24/h3-9,14-15H,10-13H2,1-2H3,(H,25,28)/t15-/m1/s1. The van der Waals surface area contributed by atoms with E-state index in [-0.39, 0.29) is 32.1 Å². The summed E-state index contributed by atoms with van der Waals surface area (Å²) in [5.41, 5.74) is -0.408. The van der Waals surface area contributed by atoms with E-state index in [9.17, 15) is 26.4 Å². The van der Waals surface area contributed by atoms with E-state index in [0.717, 1.165) is 22.5 Å². The molecule has 0 unspecified atom stereocenters. The van der Waals surface area contributed by atoms with Gasteiger partial charge in [0.15, 0.2) is 0 Å². The summed E-state index contributed by atoms with van der Waals surface area (Å²) in [5, 5.41) is 2.80. The molecule has 1 N–H and O–H groups in total. The normalized spacial score (nSPS) is 17.0. The van der Waals surface area contributed by atoms with Crippen LogP contribution in [0.5, 0.6) is 5.75 Å². The Kier molecular flexibility index (Phi) is 7.11. The maximum absolute atomic E-state index is 12.9. The van der Waals surface area contributed by atoms with Gasteiger partial charge in [0.1, 0.15) is 5.75 Å². The first-order valence-corrected chi connectivity index (χ1v) is 11.3. The number of methoxy groups -OCH3 is 1. The van der Waals surface area contributed by atoms with E-state index in [2.05, 4.69) is 5.32 Å². The summed E-state index contributed by atoms with van der Waals surface area (Å²) in [5.74, 6) is 0.415. The number of sulfonamides is 1. The van der Waals surface area contributed by atoms with Gasteiger partial charge in [0.25, 0.3) is 0 Å². The minimum absolute atomic E-state index is 0.0682. The van der Waals surface area contributed by atoms with Crippen LogP contribution in [-0.4, -0.2) is 62.9 Å². The summed E-state index contributed by atoms with van der Waals surface area (Å²) in [6, 6.07) is 10.1. The Balaban J connectivity index is 1.61. The molecule has 1 atom stereocenters. The van der Waals surface area contributed by atoms with Crippen molar-refractivity contribution in [2.75, 3.05) is 38.6 Å². The molecule has 1 aliphatic rings. The number of hydrogen-bond acceptors (Lipinski definition) is 5. The first-order valence-electron chi connectivity index (χ1n) is 9.89. The Morgan fingerprint density at radius 2 is 1.69 bits per heavy atom. The molecule has 1 aliphatic heterocycles. The second kappa shape index (κ2) is 9.47. The smallest absolute Gasteiger partial charge is 0.416 e. The number of benzene rings is 2. The average Bonchev–Trinajstić information content (AvgIpc) is 2.78. The molecule has 1 saturated heterocycles. The molecule has 32 heavy (non-hydrogen) atoms. The Labute approximate surface area is 184 Å². The number of rotatable bonds is 6. The van der Waals surface area contributed by atoms with Crippen LogP contribution in [0.25, 0.3) is 0 Å². The van der Waals surface area contributed by atoms with Crippen molar-refractivity contribution in [2.45, 2.75) is 24.0 Å². The minimum Gasteiger partial charge on any atom is -0.497 e. The van der Waals surface area contributed by atoms with Gasteiger partial charge in [-0.15, -0.1) is 0 Å². The first-order chi connectivity index (χ1) is 15.0. The third kappa shape index (κ3) is 5.40. The number of nitrogens with zero attached hydrogens (tertiary/aromatic N) is 2. The molecule has 2 aromatic carbocycles. The lowest BCUT2D eigenvalue weighted by molar-refractivity contribution is -0.137. The lowest BCUT2D eigenvalue weighted by Gasteiger charge is -2.36. The SMILES string of the molecule is COc1ccc(NC(=O)[C@@H](C)N2CCN(S(=O)(=O)c3cccc(C(F)(F)F)c3)CC2)cc1. The predicted molar refractivity (Wildman–Crippen MR) is 113 cm³/mol. The Morgan fingerprint density at radius 1 is 1.06 bits per heavy atom. The molecule has 0 bridgehead atoms. The van der Waals surface area contributed by atoms with Crippen molar-refractivity contribution >= 4 is 21.6 Å². The van der Waals surface area contributed by atoms with Crippen LogP contribution in [0.15, 0.2) is 53.4 Å². The quantitative estimate of drug-likeness (QED) is 0.701. The fourth-order valence-electron chi connectivity index (χ4n) is 3.40. The van der Waals surface area contributed by atoms with Crippen LogP contribution in [0.4, 0.5) is 18.9 Å². The zero-order valence-electron chi connectivity index (χ0n) is 17.6. The number of alkyl halides is 3. The van der Waals surface area contributed by atoms with E-state index in [0.29, 0.717) is 17.5 Å². The molecule has 1 amide bonds. The van der Waals surface area contributed by atoms with E-state index < -0.39 is 32.7 Å². The number of hydrogen-bond donors (Lipinski definition) is 1. The van der Waals surface area contributed by atoms with Gasteiger partial charge in [-0.1, -0.05) is 6.07 Å². The third-order valence-corrected chi connectivity index (χ3v) is 7.25. The number of piperazine rings is 1. The maximum atomic E-state index is 12.9. The van der Waals surface area contributed by atoms with E-state index in [1.807, 2.05) is 4.90 Å². The van der Waals surface area contributed by atoms with Crippen LogP contribution < -0.4 is 10.1 Å². The molecular formula is C21H24F3N3O4S. The van der Waals surface area contributed by atoms with Crippen LogP contribution in [0.3, 0.4) is 0 Å². The summed E-state index contributed by atoms with van der Waals surface area (Å²) in [6.45, 7) is 2.40. The lowest BCUT2D eigenvalue weighted by Crippen LogP contribution is -2.53. The van der Waals surface area contributed by atoms with Gasteiger partial charge in [0.2, 0.25) is 15.9 Å². The highest BCUT2D eigenvalue weighted by Gasteiger charge is 2.35. The average molecular weight is 472 g/mol. The van der Waals surface area contributed by atoms with Crippen molar-refractivity contribution in [1.82, 2.24) is 9.21 Å². The molecular weight excluding hydrogens is 447 g/mol. The van der Waals surface area contributed by atoms with Gasteiger partial charge >= 0.3 is 6.18 Å². The number of amides is 1. The summed E-state index contributed by atoms with van der Waals surface area (Å²) in [7, 11) is -2.53. The highest BCUT2D eigenvalue weighted by molar-refractivity contribution is 7.89. The highest BCUT2D eigenvalue weighted by atomic mass is 32.2. The van der Waals surface area contributed by atoms with Gasteiger partial charge in [-0.05, 0) is 49.4 Å². The van der Waals surface area contributed by atoms with Crippen LogP contribution in [0.2, 0.25) is 0 Å². The number of halogens is 3. The molecule has 0 spiro atoms. The topological polar surface area (TPSA) is 79.0 Å². The molecule has 3 rings (SSSR count). The molecule has 0 radical (unpaired) electrons. The number of carbonyl (C=O) groups excluding carboxylic acids is 1. The Bertz CT molecular complexity index is 1050. The van der Waals surface area contributed by atoms with Crippen LogP contribution in [-0.2, 0) is 21.0 Å². The lowest BCUT2D eigenvalue weighted by atomic mass is 10.2. The molecule has 1 fully saturated rings. The van der Waals surface area contributed by atoms with E-state index >= 15 is 0 Å². The van der Waals surface area contributed by atoms with Crippen LogP contribution in [0.1, 0.15) is 12.5 Å². The molecule has 1 heterocycles. The molecule has 0 aliphatic carbocycles. The summed E-state index contributed by atoms with van der Waals surface area (Å²) >= 11 is 0. The van der Waals surface area contributed by atoms with E-state index in [4.69, 9.17) is 4.74 Å². The molecule has 0 saturated carbocycles. The highest BCUT2D eigenvalue weighted by Crippen LogP contribution is 2.31. The minimum atomic E-state index is -4.63. The van der Waals surface area contributed by atoms with Gasteiger partial charge in [0.05, 0.1) is 23.6 Å². The summed E-state index contributed by atoms with van der Waals surface area (Å²) in [4.78, 5) is 14.0. The largest absolute Gasteiger partial charge is 0.497 e. The van der Waals surface area contributed by atoms with Crippen LogP contribution >= 0.6 is 0 Å². The predicted octanol–water partition coefficient (Wildman–Crippen LogP) is 3.05. The van der Waals surface area contributed by atoms with Crippen molar-refractivity contribution in [2.24, 2.45) is 0 Å². The van der Waals surface area contributed by atoms with Gasteiger partial charge in [-0.2, -0.15) is 17.5 Å². The maximum Gasteiger partial charge on any atom is 0.416 e. The number of nitrogens with one attached hydrogen (secondary N) is 1. The van der Waals surface area contributed by atoms with E-state index in [1.54, 1.807) is 38.3 Å². The second-order valence-corrected chi connectivity index (χ2v) is 9.30. The second-order valence-electron chi connectivity index (χ2n) is 7.36. The van der Waals surface area contributed by atoms with Crippen molar-refractivity contribution < 1.29 is 31.1 Å². The zero-order valence-corrected chi connectivity index (χ0v) is 18.4. The molecule has 2 aromatic rings. The van der Waals surface area contributed by atoms with Crippen molar-refractivity contribution in [3.05, 3.63) is 54.1 Å². The molecule has 11 heteroatoms.